The molecule has 2 bridgehead atoms. The molecule has 4 heteroatoms. The van der Waals surface area contributed by atoms with Gasteiger partial charge in [0.1, 0.15) is 0 Å². The molecule has 0 aromatic carbocycles. The minimum absolute atomic E-state index is 0.0159. The highest BCUT2D eigenvalue weighted by Gasteiger charge is 2.39. The first-order chi connectivity index (χ1) is 8.67. The van der Waals surface area contributed by atoms with E-state index in [0.29, 0.717) is 11.9 Å². The maximum atomic E-state index is 12.1. The van der Waals surface area contributed by atoms with Gasteiger partial charge >= 0.3 is 0 Å². The average Bonchev–Trinajstić information content (AvgIpc) is 2.94. The fourth-order valence-electron chi connectivity index (χ4n) is 3.75. The predicted octanol–water partition coefficient (Wildman–Crippen LogP) is 2.00. The number of hydrogen-bond acceptors (Lipinski definition) is 3. The third-order valence-corrected chi connectivity index (χ3v) is 4.59. The van der Waals surface area contributed by atoms with Crippen LogP contribution in [0.3, 0.4) is 0 Å². The quantitative estimate of drug-likeness (QED) is 0.821. The number of hydrogen-bond donors (Lipinski definition) is 0. The number of rotatable bonds is 3. The number of nitrogens with zero attached hydrogens (tertiary/aromatic N) is 2. The second kappa shape index (κ2) is 4.41. The van der Waals surface area contributed by atoms with E-state index in [4.69, 9.17) is 4.74 Å². The van der Waals surface area contributed by atoms with E-state index in [1.807, 2.05) is 6.92 Å². The molecule has 18 heavy (non-hydrogen) atoms. The van der Waals surface area contributed by atoms with E-state index in [0.717, 1.165) is 24.1 Å². The molecule has 3 unspecified atom stereocenters. The second-order valence-electron chi connectivity index (χ2n) is 5.77. The van der Waals surface area contributed by atoms with Crippen LogP contribution in [0.2, 0.25) is 0 Å². The number of aromatic nitrogens is 2. The van der Waals surface area contributed by atoms with Crippen molar-refractivity contribution in [3.63, 3.8) is 0 Å². The zero-order valence-electron chi connectivity index (χ0n) is 11.1. The molecule has 0 radical (unpaired) electrons. The molecular weight excluding hydrogens is 228 g/mol. The lowest BCUT2D eigenvalue weighted by molar-refractivity contribution is 0.265. The van der Waals surface area contributed by atoms with Gasteiger partial charge in [-0.05, 0) is 43.9 Å². The van der Waals surface area contributed by atoms with Gasteiger partial charge in [0.05, 0.1) is 7.11 Å². The van der Waals surface area contributed by atoms with Gasteiger partial charge in [0.2, 0.25) is 0 Å². The van der Waals surface area contributed by atoms with Crippen LogP contribution in [0.4, 0.5) is 0 Å². The third kappa shape index (κ3) is 1.93. The monoisotopic (exact) mass is 248 g/mol. The standard InChI is InChI=1S/C14H20N2O2/c1-9-5-13(17)16(14(15-9)18-2)8-12-7-10-3-4-11(12)6-10/h5,10-12H,3-4,6-8H2,1-2H3. The Morgan fingerprint density at radius 3 is 2.89 bits per heavy atom. The molecule has 0 N–H and O–H groups in total. The highest BCUT2D eigenvalue weighted by atomic mass is 16.5. The Hall–Kier alpha value is -1.32. The first-order valence-electron chi connectivity index (χ1n) is 6.80. The SMILES string of the molecule is COc1nc(C)cc(=O)n1CC1CC2CCC1C2. The highest BCUT2D eigenvalue weighted by Crippen LogP contribution is 2.48. The van der Waals surface area contributed by atoms with E-state index in [9.17, 15) is 4.79 Å². The van der Waals surface area contributed by atoms with E-state index >= 15 is 0 Å². The molecule has 2 aliphatic rings. The minimum Gasteiger partial charge on any atom is -0.468 e. The summed E-state index contributed by atoms with van der Waals surface area (Å²) in [7, 11) is 1.58. The van der Waals surface area contributed by atoms with Crippen molar-refractivity contribution >= 4 is 0 Å². The lowest BCUT2D eigenvalue weighted by Crippen LogP contribution is -2.28. The van der Waals surface area contributed by atoms with Crippen molar-refractivity contribution in [1.29, 1.82) is 0 Å². The fraction of sp³-hybridized carbons (Fsp3) is 0.714. The Balaban J connectivity index is 1.86. The Kier molecular flexibility index (Phi) is 2.88. The third-order valence-electron chi connectivity index (χ3n) is 4.59. The molecule has 2 fully saturated rings. The zero-order valence-corrected chi connectivity index (χ0v) is 11.1. The summed E-state index contributed by atoms with van der Waals surface area (Å²) in [6.45, 7) is 2.60. The van der Waals surface area contributed by atoms with Gasteiger partial charge in [-0.25, -0.2) is 4.98 Å². The van der Waals surface area contributed by atoms with Crippen molar-refractivity contribution in [1.82, 2.24) is 9.55 Å². The fourth-order valence-corrected chi connectivity index (χ4v) is 3.75. The molecule has 2 saturated carbocycles. The summed E-state index contributed by atoms with van der Waals surface area (Å²) in [6.07, 6.45) is 5.36. The van der Waals surface area contributed by atoms with Gasteiger partial charge in [-0.2, -0.15) is 0 Å². The van der Waals surface area contributed by atoms with E-state index < -0.39 is 0 Å². The van der Waals surface area contributed by atoms with E-state index in [1.165, 1.54) is 25.7 Å². The van der Waals surface area contributed by atoms with Crippen molar-refractivity contribution in [3.8, 4) is 6.01 Å². The Morgan fingerprint density at radius 2 is 2.28 bits per heavy atom. The van der Waals surface area contributed by atoms with Crippen molar-refractivity contribution in [2.45, 2.75) is 39.2 Å². The molecule has 1 aromatic heterocycles. The van der Waals surface area contributed by atoms with Crippen molar-refractivity contribution in [2.24, 2.45) is 17.8 Å². The molecule has 0 saturated heterocycles. The van der Waals surface area contributed by atoms with Crippen molar-refractivity contribution < 1.29 is 4.74 Å². The van der Waals surface area contributed by atoms with Crippen molar-refractivity contribution in [3.05, 3.63) is 22.1 Å². The summed E-state index contributed by atoms with van der Waals surface area (Å²) in [5.74, 6) is 2.35. The maximum absolute atomic E-state index is 12.1. The van der Waals surface area contributed by atoms with Crippen molar-refractivity contribution in [2.75, 3.05) is 7.11 Å². The molecule has 98 valence electrons. The molecule has 0 spiro atoms. The summed E-state index contributed by atoms with van der Waals surface area (Å²) in [6, 6.07) is 2.05. The number of fused-ring (bicyclic) bond motifs is 2. The molecule has 1 heterocycles. The first kappa shape index (κ1) is 11.8. The van der Waals surface area contributed by atoms with Gasteiger partial charge in [-0.1, -0.05) is 6.42 Å². The normalized spacial score (nSPS) is 29.8. The van der Waals surface area contributed by atoms with Gasteiger partial charge in [-0.15, -0.1) is 0 Å². The summed E-state index contributed by atoms with van der Waals surface area (Å²) in [5.41, 5.74) is 0.739. The summed E-state index contributed by atoms with van der Waals surface area (Å²) >= 11 is 0. The lowest BCUT2D eigenvalue weighted by Gasteiger charge is -2.23. The van der Waals surface area contributed by atoms with E-state index in [2.05, 4.69) is 4.98 Å². The Morgan fingerprint density at radius 1 is 1.44 bits per heavy atom. The second-order valence-corrected chi connectivity index (χ2v) is 5.77. The molecule has 0 aliphatic heterocycles. The average molecular weight is 248 g/mol. The van der Waals surface area contributed by atoms with Crippen LogP contribution in [0.15, 0.2) is 10.9 Å². The topological polar surface area (TPSA) is 44.1 Å². The molecule has 1 aromatic rings. The molecule has 4 nitrogen and oxygen atoms in total. The molecular formula is C14H20N2O2. The summed E-state index contributed by atoms with van der Waals surface area (Å²) in [5, 5.41) is 0. The predicted molar refractivity (Wildman–Crippen MR) is 68.7 cm³/mol. The molecule has 0 amide bonds. The Bertz CT molecular complexity index is 509. The molecule has 3 atom stereocenters. The smallest absolute Gasteiger partial charge is 0.299 e. The van der Waals surface area contributed by atoms with Crippen LogP contribution in [0.1, 0.15) is 31.4 Å². The number of methoxy groups -OCH3 is 1. The summed E-state index contributed by atoms with van der Waals surface area (Å²) < 4.78 is 6.96. The van der Waals surface area contributed by atoms with Gasteiger partial charge < -0.3 is 4.74 Å². The first-order valence-corrected chi connectivity index (χ1v) is 6.80. The Labute approximate surface area is 107 Å². The van der Waals surface area contributed by atoms with Gasteiger partial charge in [-0.3, -0.25) is 9.36 Å². The van der Waals surface area contributed by atoms with Crippen LogP contribution in [0.5, 0.6) is 6.01 Å². The minimum atomic E-state index is 0.0159. The van der Waals surface area contributed by atoms with Gasteiger partial charge in [0.15, 0.2) is 0 Å². The summed E-state index contributed by atoms with van der Waals surface area (Å²) in [4.78, 5) is 16.4. The van der Waals surface area contributed by atoms with Crippen LogP contribution >= 0.6 is 0 Å². The zero-order chi connectivity index (χ0) is 12.7. The van der Waals surface area contributed by atoms with E-state index in [1.54, 1.807) is 17.7 Å². The molecule has 3 rings (SSSR count). The van der Waals surface area contributed by atoms with Crippen LogP contribution < -0.4 is 10.3 Å². The molecule has 2 aliphatic carbocycles. The maximum Gasteiger partial charge on any atom is 0.299 e. The van der Waals surface area contributed by atoms with Crippen LogP contribution in [-0.2, 0) is 6.54 Å². The van der Waals surface area contributed by atoms with E-state index in [-0.39, 0.29) is 5.56 Å². The lowest BCUT2D eigenvalue weighted by atomic mass is 9.89. The van der Waals surface area contributed by atoms with Crippen LogP contribution in [-0.4, -0.2) is 16.7 Å². The number of ether oxygens (including phenoxy) is 1. The number of aryl methyl sites for hydroxylation is 1. The van der Waals surface area contributed by atoms with Crippen LogP contribution in [0, 0.1) is 24.7 Å². The highest BCUT2D eigenvalue weighted by molar-refractivity contribution is 5.07. The largest absolute Gasteiger partial charge is 0.468 e. The van der Waals surface area contributed by atoms with Gasteiger partial charge in [0.25, 0.3) is 11.6 Å². The van der Waals surface area contributed by atoms with Gasteiger partial charge in [0, 0.05) is 18.3 Å². The van der Waals surface area contributed by atoms with Crippen LogP contribution in [0.25, 0.3) is 0 Å².